The normalized spacial score (nSPS) is 9.92. The first-order valence-corrected chi connectivity index (χ1v) is 3.84. The van der Waals surface area contributed by atoms with Crippen LogP contribution in [-0.2, 0) is 6.42 Å². The fraction of sp³-hybridized carbons (Fsp3) is 0.100. The summed E-state index contributed by atoms with van der Waals surface area (Å²) in [4.78, 5) is 3.17. The SMILES string of the molecule is [15N]#[13C][13CH2]c1cc2ccccc2[nH]1. The lowest BCUT2D eigenvalue weighted by Gasteiger charge is -1.84. The van der Waals surface area contributed by atoms with Crippen LogP contribution in [0, 0.1) is 11.3 Å². The topological polar surface area (TPSA) is 39.6 Å². The van der Waals surface area contributed by atoms with Crippen LogP contribution in [0.2, 0.25) is 0 Å². The maximum Gasteiger partial charge on any atom is 0.0752 e. The van der Waals surface area contributed by atoms with Gasteiger partial charge in [-0.15, -0.1) is 0 Å². The second-order valence-electron chi connectivity index (χ2n) is 2.72. The van der Waals surface area contributed by atoms with E-state index in [4.69, 9.17) is 5.26 Å². The summed E-state index contributed by atoms with van der Waals surface area (Å²) in [6, 6.07) is 12.1. The molecular weight excluding hydrogens is 151 g/mol. The van der Waals surface area contributed by atoms with Gasteiger partial charge in [0.1, 0.15) is 0 Å². The van der Waals surface area contributed by atoms with Crippen LogP contribution in [0.3, 0.4) is 0 Å². The van der Waals surface area contributed by atoms with Gasteiger partial charge in [-0.1, -0.05) is 18.2 Å². The van der Waals surface area contributed by atoms with E-state index in [-0.39, 0.29) is 0 Å². The molecule has 0 radical (unpaired) electrons. The second kappa shape index (κ2) is 2.71. The summed E-state index contributed by atoms with van der Waals surface area (Å²) < 4.78 is 0. The molecular formula is C10H8N2. The number of nitriles is 1. The minimum atomic E-state index is 0.453. The molecule has 0 saturated heterocycles. The van der Waals surface area contributed by atoms with Crippen molar-refractivity contribution in [3.8, 4) is 6.07 Å². The fourth-order valence-electron chi connectivity index (χ4n) is 1.31. The Labute approximate surface area is 70.4 Å². The first-order valence-electron chi connectivity index (χ1n) is 3.84. The van der Waals surface area contributed by atoms with Crippen molar-refractivity contribution in [3.63, 3.8) is 0 Å². The minimum Gasteiger partial charge on any atom is -0.358 e. The Bertz CT molecular complexity index is 401. The highest BCUT2D eigenvalue weighted by Crippen LogP contribution is 2.14. The van der Waals surface area contributed by atoms with Gasteiger partial charge in [0.2, 0.25) is 0 Å². The van der Waals surface area contributed by atoms with Gasteiger partial charge in [0.05, 0.1) is 12.5 Å². The van der Waals surface area contributed by atoms with E-state index in [1.165, 1.54) is 5.39 Å². The Balaban J connectivity index is 2.56. The monoisotopic (exact) mass is 159 g/mol. The van der Waals surface area contributed by atoms with E-state index in [1.54, 1.807) is 0 Å². The molecule has 0 fully saturated rings. The third kappa shape index (κ3) is 1.06. The van der Waals surface area contributed by atoms with Crippen LogP contribution in [0.1, 0.15) is 5.69 Å². The number of fused-ring (bicyclic) bond motifs is 1. The standard InChI is InChI=1S/C10H8N2/c11-6-5-9-7-8-3-1-2-4-10(8)12-9/h1-4,7,12H,5H2/i5+1,6+1,11+1. The molecule has 0 spiro atoms. The fourth-order valence-corrected chi connectivity index (χ4v) is 1.31. The molecule has 1 heterocycles. The van der Waals surface area contributed by atoms with Crippen LogP contribution in [-0.4, -0.2) is 4.98 Å². The van der Waals surface area contributed by atoms with Crippen molar-refractivity contribution in [3.05, 3.63) is 36.0 Å². The Morgan fingerprint density at radius 1 is 1.33 bits per heavy atom. The summed E-state index contributed by atoms with van der Waals surface area (Å²) >= 11 is 0. The third-order valence-electron chi connectivity index (χ3n) is 1.86. The average molecular weight is 159 g/mol. The van der Waals surface area contributed by atoms with E-state index in [2.05, 4.69) is 11.1 Å². The van der Waals surface area contributed by atoms with Crippen molar-refractivity contribution in [2.75, 3.05) is 0 Å². The van der Waals surface area contributed by atoms with Gasteiger partial charge >= 0.3 is 0 Å². The van der Waals surface area contributed by atoms with Gasteiger partial charge in [-0.05, 0) is 17.5 Å². The predicted molar refractivity (Wildman–Crippen MR) is 47.6 cm³/mol. The van der Waals surface area contributed by atoms with Crippen molar-refractivity contribution < 1.29 is 0 Å². The van der Waals surface area contributed by atoms with E-state index in [0.717, 1.165) is 11.2 Å². The quantitative estimate of drug-likeness (QED) is 0.503. The first kappa shape index (κ1) is 6.93. The molecule has 2 rings (SSSR count). The molecule has 0 aliphatic rings. The molecule has 12 heavy (non-hydrogen) atoms. The number of hydrogen-bond donors (Lipinski definition) is 1. The summed E-state index contributed by atoms with van der Waals surface area (Å²) in [6.45, 7) is 0. The largest absolute Gasteiger partial charge is 0.358 e. The number of aromatic amines is 1. The van der Waals surface area contributed by atoms with Crippen molar-refractivity contribution in [1.82, 2.24) is 4.98 Å². The second-order valence-corrected chi connectivity index (χ2v) is 2.72. The van der Waals surface area contributed by atoms with Gasteiger partial charge in [-0.3, -0.25) is 0 Å². The number of nitrogens with zero attached hydrogens (tertiary/aromatic N) is 1. The van der Waals surface area contributed by atoms with Crippen molar-refractivity contribution >= 4 is 10.9 Å². The van der Waals surface area contributed by atoms with E-state index in [9.17, 15) is 0 Å². The Kier molecular flexibility index (Phi) is 1.56. The molecule has 0 unspecified atom stereocenters. The number of H-pyrrole nitrogens is 1. The summed E-state index contributed by atoms with van der Waals surface area (Å²) in [7, 11) is 0. The Morgan fingerprint density at radius 3 is 2.92 bits per heavy atom. The number of aromatic nitrogens is 1. The zero-order valence-corrected chi connectivity index (χ0v) is 6.54. The van der Waals surface area contributed by atoms with E-state index in [0.29, 0.717) is 6.42 Å². The molecule has 2 aromatic rings. The van der Waals surface area contributed by atoms with Gasteiger partial charge in [-0.25, -0.2) is 0 Å². The molecule has 2 heteroatoms. The lowest BCUT2D eigenvalue weighted by atomic mass is 10.2. The van der Waals surface area contributed by atoms with Crippen molar-refractivity contribution in [2.45, 2.75) is 6.42 Å². The highest BCUT2D eigenvalue weighted by molar-refractivity contribution is 5.80. The Hall–Kier alpha value is -1.75. The molecule has 0 bridgehead atoms. The van der Waals surface area contributed by atoms with Crippen LogP contribution >= 0.6 is 0 Å². The van der Waals surface area contributed by atoms with Crippen molar-refractivity contribution in [1.29, 1.82) is 5.26 Å². The summed E-state index contributed by atoms with van der Waals surface area (Å²) in [5.74, 6) is 0. The van der Waals surface area contributed by atoms with E-state index in [1.807, 2.05) is 30.3 Å². The smallest absolute Gasteiger partial charge is 0.0752 e. The van der Waals surface area contributed by atoms with Gasteiger partial charge in [0.15, 0.2) is 0 Å². The van der Waals surface area contributed by atoms with Crippen molar-refractivity contribution in [2.24, 2.45) is 0 Å². The predicted octanol–water partition coefficient (Wildman–Crippen LogP) is 2.23. The molecule has 2 nitrogen and oxygen atoms in total. The number of rotatable bonds is 1. The zero-order valence-electron chi connectivity index (χ0n) is 6.54. The maximum atomic E-state index is 8.47. The molecule has 1 aromatic heterocycles. The number of nitrogens with one attached hydrogen (secondary N) is 1. The lowest BCUT2D eigenvalue weighted by molar-refractivity contribution is 1.17. The highest BCUT2D eigenvalue weighted by atomic mass is 15.2. The maximum absolute atomic E-state index is 8.47. The lowest BCUT2D eigenvalue weighted by Crippen LogP contribution is -1.77. The molecule has 0 aliphatic carbocycles. The summed E-state index contributed by atoms with van der Waals surface area (Å²) in [6.07, 6.45) is 0.453. The first-order chi connectivity index (χ1) is 5.90. The molecule has 0 saturated carbocycles. The number of benzene rings is 1. The van der Waals surface area contributed by atoms with Crippen LogP contribution in [0.25, 0.3) is 10.9 Å². The van der Waals surface area contributed by atoms with Crippen LogP contribution in [0.5, 0.6) is 0 Å². The third-order valence-corrected chi connectivity index (χ3v) is 1.86. The summed E-state index contributed by atoms with van der Waals surface area (Å²) in [5.41, 5.74) is 2.08. The van der Waals surface area contributed by atoms with Gasteiger partial charge in [0, 0.05) is 11.2 Å². The molecule has 1 aromatic carbocycles. The highest BCUT2D eigenvalue weighted by Gasteiger charge is 1.97. The number of para-hydroxylation sites is 1. The molecule has 1 N–H and O–H groups in total. The Morgan fingerprint density at radius 2 is 2.17 bits per heavy atom. The van der Waals surface area contributed by atoms with E-state index < -0.39 is 0 Å². The van der Waals surface area contributed by atoms with Crippen LogP contribution in [0.4, 0.5) is 0 Å². The van der Waals surface area contributed by atoms with Crippen LogP contribution < -0.4 is 0 Å². The molecule has 0 aliphatic heterocycles. The molecule has 58 valence electrons. The molecule has 0 atom stereocenters. The zero-order chi connectivity index (χ0) is 8.39. The van der Waals surface area contributed by atoms with Gasteiger partial charge in [-0.2, -0.15) is 5.26 Å². The van der Waals surface area contributed by atoms with Gasteiger partial charge < -0.3 is 4.98 Å². The van der Waals surface area contributed by atoms with E-state index >= 15 is 0 Å². The van der Waals surface area contributed by atoms with Crippen LogP contribution in [0.15, 0.2) is 30.3 Å². The number of hydrogen-bond acceptors (Lipinski definition) is 1. The minimum absolute atomic E-state index is 0.453. The summed E-state index contributed by atoms with van der Waals surface area (Å²) in [5, 5.41) is 9.64. The average Bonchev–Trinajstić information content (AvgIpc) is 2.47. The molecule has 0 amide bonds. The van der Waals surface area contributed by atoms with Gasteiger partial charge in [0.25, 0.3) is 0 Å².